The Kier molecular flexibility index (Phi) is 6.24. The average molecular weight is 316 g/mol. The molecule has 2 aromatic rings. The number of alkyl halides is 3. The highest BCUT2D eigenvalue weighted by Crippen LogP contribution is 2.30. The lowest BCUT2D eigenvalue weighted by atomic mass is 9.99. The first-order valence-electron chi connectivity index (χ1n) is 6.43. The maximum Gasteiger partial charge on any atom is 0.416 e. The fraction of sp³-hybridized carbons (Fsp3) is 0.250. The van der Waals surface area contributed by atoms with Crippen molar-refractivity contribution in [1.29, 1.82) is 0 Å². The monoisotopic (exact) mass is 315 g/mol. The Morgan fingerprint density at radius 3 is 2.00 bits per heavy atom. The average Bonchev–Trinajstić information content (AvgIpc) is 2.45. The van der Waals surface area contributed by atoms with Gasteiger partial charge < -0.3 is 5.73 Å². The van der Waals surface area contributed by atoms with Gasteiger partial charge in [0.1, 0.15) is 0 Å². The zero-order valence-electron chi connectivity index (χ0n) is 11.3. The fourth-order valence-corrected chi connectivity index (χ4v) is 2.05. The molecule has 0 spiro atoms. The van der Waals surface area contributed by atoms with Crippen molar-refractivity contribution in [2.24, 2.45) is 5.73 Å². The van der Waals surface area contributed by atoms with E-state index >= 15 is 0 Å². The van der Waals surface area contributed by atoms with Crippen molar-refractivity contribution in [1.82, 2.24) is 0 Å². The molecule has 0 aliphatic rings. The predicted molar refractivity (Wildman–Crippen MR) is 80.4 cm³/mol. The van der Waals surface area contributed by atoms with E-state index in [-0.39, 0.29) is 18.4 Å². The summed E-state index contributed by atoms with van der Waals surface area (Å²) in [6.45, 7) is 0. The summed E-state index contributed by atoms with van der Waals surface area (Å²) in [5.41, 5.74) is 7.28. The van der Waals surface area contributed by atoms with Crippen LogP contribution in [0.1, 0.15) is 29.2 Å². The number of rotatable bonds is 4. The van der Waals surface area contributed by atoms with Crippen molar-refractivity contribution in [3.05, 3.63) is 71.3 Å². The van der Waals surface area contributed by atoms with Gasteiger partial charge in [-0.25, -0.2) is 0 Å². The van der Waals surface area contributed by atoms with Crippen molar-refractivity contribution in [2.75, 3.05) is 0 Å². The minimum absolute atomic E-state index is 0. The summed E-state index contributed by atoms with van der Waals surface area (Å²) in [5.74, 6) is 0. The number of hydrogen-bond acceptors (Lipinski definition) is 1. The summed E-state index contributed by atoms with van der Waals surface area (Å²) in [7, 11) is 0. The lowest BCUT2D eigenvalue weighted by Gasteiger charge is -2.13. The van der Waals surface area contributed by atoms with Gasteiger partial charge in [0.15, 0.2) is 0 Å². The molecule has 114 valence electrons. The quantitative estimate of drug-likeness (QED) is 0.865. The van der Waals surface area contributed by atoms with Crippen molar-refractivity contribution < 1.29 is 13.2 Å². The third kappa shape index (κ3) is 5.06. The van der Waals surface area contributed by atoms with Crippen LogP contribution in [0.4, 0.5) is 13.2 Å². The Hall–Kier alpha value is -1.52. The molecular formula is C16H17ClF3N. The molecular weight excluding hydrogens is 299 g/mol. The second-order valence-corrected chi connectivity index (χ2v) is 4.75. The normalized spacial score (nSPS) is 12.6. The summed E-state index contributed by atoms with van der Waals surface area (Å²) in [6, 6.07) is 14.7. The molecule has 21 heavy (non-hydrogen) atoms. The van der Waals surface area contributed by atoms with Crippen LogP contribution < -0.4 is 5.73 Å². The molecule has 0 unspecified atom stereocenters. The van der Waals surface area contributed by atoms with Crippen LogP contribution in [0.25, 0.3) is 0 Å². The van der Waals surface area contributed by atoms with Crippen molar-refractivity contribution >= 4 is 12.4 Å². The minimum atomic E-state index is -4.30. The van der Waals surface area contributed by atoms with Gasteiger partial charge >= 0.3 is 6.18 Å². The van der Waals surface area contributed by atoms with Crippen LogP contribution in [0, 0.1) is 0 Å². The van der Waals surface area contributed by atoms with Crippen molar-refractivity contribution in [3.8, 4) is 0 Å². The molecule has 0 bridgehead atoms. The van der Waals surface area contributed by atoms with E-state index in [1.54, 1.807) is 0 Å². The third-order valence-corrected chi connectivity index (χ3v) is 3.25. The van der Waals surface area contributed by atoms with E-state index in [1.165, 1.54) is 17.7 Å². The van der Waals surface area contributed by atoms with Crippen LogP contribution in [0.5, 0.6) is 0 Å². The zero-order valence-corrected chi connectivity index (χ0v) is 12.1. The van der Waals surface area contributed by atoms with Crippen LogP contribution in [0.15, 0.2) is 54.6 Å². The Balaban J connectivity index is 0.00000220. The van der Waals surface area contributed by atoms with Gasteiger partial charge in [0.05, 0.1) is 5.56 Å². The first kappa shape index (κ1) is 17.5. The van der Waals surface area contributed by atoms with Crippen LogP contribution >= 0.6 is 12.4 Å². The number of benzene rings is 2. The van der Waals surface area contributed by atoms with E-state index in [2.05, 4.69) is 0 Å². The van der Waals surface area contributed by atoms with Crippen LogP contribution in [-0.2, 0) is 12.6 Å². The van der Waals surface area contributed by atoms with E-state index in [0.29, 0.717) is 6.42 Å². The van der Waals surface area contributed by atoms with E-state index in [0.717, 1.165) is 24.1 Å². The van der Waals surface area contributed by atoms with E-state index in [4.69, 9.17) is 5.73 Å². The third-order valence-electron chi connectivity index (χ3n) is 3.25. The molecule has 0 heterocycles. The smallest absolute Gasteiger partial charge is 0.324 e. The second kappa shape index (κ2) is 7.48. The zero-order chi connectivity index (χ0) is 14.6. The van der Waals surface area contributed by atoms with E-state index < -0.39 is 11.7 Å². The van der Waals surface area contributed by atoms with E-state index in [1.807, 2.05) is 30.3 Å². The molecule has 5 heteroatoms. The van der Waals surface area contributed by atoms with Gasteiger partial charge in [0.2, 0.25) is 0 Å². The molecule has 0 aliphatic heterocycles. The largest absolute Gasteiger partial charge is 0.416 e. The summed E-state index contributed by atoms with van der Waals surface area (Å²) >= 11 is 0. The van der Waals surface area contributed by atoms with Gasteiger partial charge in [-0.2, -0.15) is 13.2 Å². The Labute approximate surface area is 128 Å². The molecule has 1 nitrogen and oxygen atoms in total. The summed E-state index contributed by atoms with van der Waals surface area (Å²) in [5, 5.41) is 0. The molecule has 1 atom stereocenters. The minimum Gasteiger partial charge on any atom is -0.324 e. The van der Waals surface area contributed by atoms with Gasteiger partial charge in [-0.1, -0.05) is 42.5 Å². The van der Waals surface area contributed by atoms with Gasteiger partial charge in [0, 0.05) is 6.04 Å². The maximum atomic E-state index is 12.5. The Bertz CT molecular complexity index is 538. The first-order valence-corrected chi connectivity index (χ1v) is 6.43. The highest BCUT2D eigenvalue weighted by Gasteiger charge is 2.30. The molecule has 0 fully saturated rings. The van der Waals surface area contributed by atoms with Crippen molar-refractivity contribution in [3.63, 3.8) is 0 Å². The molecule has 0 aromatic heterocycles. The first-order chi connectivity index (χ1) is 9.47. The summed E-state index contributed by atoms with van der Waals surface area (Å²) < 4.78 is 37.4. The molecule has 0 radical (unpaired) electrons. The fourth-order valence-electron chi connectivity index (χ4n) is 2.05. The highest BCUT2D eigenvalue weighted by atomic mass is 35.5. The standard InChI is InChI=1S/C16H16F3N.ClH/c17-16(18,19)14-9-7-13(8-10-14)15(20)11-6-12-4-2-1-3-5-12;/h1-5,7-10,15H,6,11,20H2;1H/t15-;/m0./s1. The second-order valence-electron chi connectivity index (χ2n) is 4.75. The number of hydrogen-bond donors (Lipinski definition) is 1. The molecule has 2 rings (SSSR count). The van der Waals surface area contributed by atoms with E-state index in [9.17, 15) is 13.2 Å². The maximum absolute atomic E-state index is 12.5. The molecule has 0 aliphatic carbocycles. The number of aryl methyl sites for hydroxylation is 1. The number of nitrogens with two attached hydrogens (primary N) is 1. The number of halogens is 4. The van der Waals surface area contributed by atoms with Gasteiger partial charge in [-0.3, -0.25) is 0 Å². The SMILES string of the molecule is Cl.N[C@@H](CCc1ccccc1)c1ccc(C(F)(F)F)cc1. The van der Waals surface area contributed by atoms with Gasteiger partial charge in [-0.05, 0) is 36.1 Å². The Morgan fingerprint density at radius 2 is 1.48 bits per heavy atom. The predicted octanol–water partition coefficient (Wildman–Crippen LogP) is 4.76. The molecule has 0 saturated heterocycles. The van der Waals surface area contributed by atoms with Crippen molar-refractivity contribution in [2.45, 2.75) is 25.1 Å². The highest BCUT2D eigenvalue weighted by molar-refractivity contribution is 5.85. The molecule has 2 aromatic carbocycles. The topological polar surface area (TPSA) is 26.0 Å². The van der Waals surface area contributed by atoms with Crippen LogP contribution in [0.3, 0.4) is 0 Å². The van der Waals surface area contributed by atoms with Gasteiger partial charge in [0.25, 0.3) is 0 Å². The molecule has 0 saturated carbocycles. The van der Waals surface area contributed by atoms with Crippen LogP contribution in [-0.4, -0.2) is 0 Å². The lowest BCUT2D eigenvalue weighted by molar-refractivity contribution is -0.137. The van der Waals surface area contributed by atoms with Crippen LogP contribution in [0.2, 0.25) is 0 Å². The summed E-state index contributed by atoms with van der Waals surface area (Å²) in [4.78, 5) is 0. The molecule has 0 amide bonds. The summed E-state index contributed by atoms with van der Waals surface area (Å²) in [6.07, 6.45) is -2.79. The molecule has 2 N–H and O–H groups in total. The Morgan fingerprint density at radius 1 is 0.905 bits per heavy atom. The lowest BCUT2D eigenvalue weighted by Crippen LogP contribution is -2.12. The van der Waals surface area contributed by atoms with Gasteiger partial charge in [-0.15, -0.1) is 12.4 Å².